The quantitative estimate of drug-likeness (QED) is 0.409. The molecular weight excluding hydrogens is 274 g/mol. The number of hydrogen-bond donors (Lipinski definition) is 0. The van der Waals surface area contributed by atoms with Gasteiger partial charge >= 0.3 is 42.6 Å². The summed E-state index contributed by atoms with van der Waals surface area (Å²) < 4.78 is 0. The number of fused-ring (bicyclic) bond motifs is 1. The van der Waals surface area contributed by atoms with Crippen molar-refractivity contribution in [3.63, 3.8) is 0 Å². The summed E-state index contributed by atoms with van der Waals surface area (Å²) >= 11 is -1.92. The zero-order valence-corrected chi connectivity index (χ0v) is 12.6. The van der Waals surface area contributed by atoms with Crippen LogP contribution in [-0.4, -0.2) is 0 Å². The summed E-state index contributed by atoms with van der Waals surface area (Å²) in [5.41, 5.74) is 0. The number of rotatable bonds is 0. The van der Waals surface area contributed by atoms with Gasteiger partial charge in [-0.2, -0.15) is 0 Å². The molecule has 4 heteroatoms. The molecule has 0 aromatic carbocycles. The molecule has 14 heavy (non-hydrogen) atoms. The van der Waals surface area contributed by atoms with Crippen LogP contribution >= 0.6 is 27.9 Å². The Bertz CT molecular complexity index is 127. The fourth-order valence-electron chi connectivity index (χ4n) is 2.69. The fraction of sp³-hybridized carbons (Fsp3) is 0.900. The summed E-state index contributed by atoms with van der Waals surface area (Å²) in [5.74, 6) is 2.33. The van der Waals surface area contributed by atoms with Gasteiger partial charge < -0.3 is 7.43 Å². The van der Waals surface area contributed by atoms with Crippen LogP contribution in [0, 0.1) is 19.3 Å². The van der Waals surface area contributed by atoms with E-state index in [1.807, 2.05) is 0 Å². The van der Waals surface area contributed by atoms with Crippen molar-refractivity contribution in [1.29, 1.82) is 0 Å². The SMILES string of the molecule is C1CCC2CCCC2C1.[CH3-].[Cl][Ti+]([Cl])[Cl]. The van der Waals surface area contributed by atoms with Gasteiger partial charge in [0.15, 0.2) is 0 Å². The summed E-state index contributed by atoms with van der Waals surface area (Å²) in [7, 11) is 14.9. The second-order valence-electron chi connectivity index (χ2n) is 3.95. The van der Waals surface area contributed by atoms with E-state index in [9.17, 15) is 0 Å². The molecular formula is C10H19Cl3Ti. The summed E-state index contributed by atoms with van der Waals surface area (Å²) in [6, 6.07) is 0. The van der Waals surface area contributed by atoms with Gasteiger partial charge in [0, 0.05) is 0 Å². The third kappa shape index (κ3) is 6.23. The fourth-order valence-corrected chi connectivity index (χ4v) is 2.69. The van der Waals surface area contributed by atoms with Crippen LogP contribution in [0.1, 0.15) is 44.9 Å². The number of halogens is 3. The Labute approximate surface area is 106 Å². The van der Waals surface area contributed by atoms with Gasteiger partial charge in [0.2, 0.25) is 0 Å². The first-order valence-corrected chi connectivity index (χ1v) is 11.5. The average molecular weight is 293 g/mol. The summed E-state index contributed by atoms with van der Waals surface area (Å²) in [6.45, 7) is 0. The third-order valence-electron chi connectivity index (χ3n) is 3.22. The van der Waals surface area contributed by atoms with Crippen molar-refractivity contribution in [2.24, 2.45) is 11.8 Å². The molecule has 0 aliphatic heterocycles. The van der Waals surface area contributed by atoms with Crippen LogP contribution < -0.4 is 0 Å². The molecule has 2 aliphatic carbocycles. The van der Waals surface area contributed by atoms with Gasteiger partial charge in [-0.05, 0) is 11.8 Å². The van der Waals surface area contributed by atoms with Crippen molar-refractivity contribution in [1.82, 2.24) is 0 Å². The molecule has 0 radical (unpaired) electrons. The Balaban J connectivity index is 0.000000299. The van der Waals surface area contributed by atoms with Crippen LogP contribution in [-0.2, 0) is 14.7 Å². The minimum atomic E-state index is -1.92. The molecule has 0 spiro atoms. The monoisotopic (exact) mass is 292 g/mol. The predicted molar refractivity (Wildman–Crippen MR) is 63.3 cm³/mol. The van der Waals surface area contributed by atoms with E-state index in [4.69, 9.17) is 27.9 Å². The van der Waals surface area contributed by atoms with Crippen LogP contribution in [0.3, 0.4) is 0 Å². The molecule has 0 aromatic heterocycles. The van der Waals surface area contributed by atoms with E-state index in [0.29, 0.717) is 0 Å². The molecule has 2 aliphatic rings. The third-order valence-corrected chi connectivity index (χ3v) is 3.22. The van der Waals surface area contributed by atoms with Crippen molar-refractivity contribution < 1.29 is 14.7 Å². The van der Waals surface area contributed by atoms with Gasteiger partial charge in [-0.1, -0.05) is 44.9 Å². The van der Waals surface area contributed by atoms with Crippen LogP contribution in [0.2, 0.25) is 0 Å². The zero-order valence-electron chi connectivity index (χ0n) is 8.74. The van der Waals surface area contributed by atoms with E-state index in [-0.39, 0.29) is 7.43 Å². The molecule has 2 saturated carbocycles. The second-order valence-corrected chi connectivity index (χ2v) is 11.7. The maximum absolute atomic E-state index is 4.97. The Morgan fingerprint density at radius 3 is 1.36 bits per heavy atom. The van der Waals surface area contributed by atoms with Crippen molar-refractivity contribution in [3.05, 3.63) is 7.43 Å². The molecule has 2 rings (SSSR count). The van der Waals surface area contributed by atoms with Crippen LogP contribution in [0.5, 0.6) is 0 Å². The second kappa shape index (κ2) is 8.70. The Morgan fingerprint density at radius 1 is 0.714 bits per heavy atom. The van der Waals surface area contributed by atoms with E-state index in [1.54, 1.807) is 25.7 Å². The number of hydrogen-bond acceptors (Lipinski definition) is 0. The Hall–Kier alpha value is 1.58. The average Bonchev–Trinajstić information content (AvgIpc) is 2.49. The Kier molecular flexibility index (Phi) is 9.69. The zero-order chi connectivity index (χ0) is 9.68. The molecule has 2 fully saturated rings. The van der Waals surface area contributed by atoms with E-state index in [1.165, 1.54) is 31.1 Å². The Morgan fingerprint density at radius 2 is 1.00 bits per heavy atom. The summed E-state index contributed by atoms with van der Waals surface area (Å²) in [4.78, 5) is 0. The first-order valence-electron chi connectivity index (χ1n) is 5.03. The molecule has 0 bridgehead atoms. The van der Waals surface area contributed by atoms with Crippen molar-refractivity contribution >= 4 is 27.9 Å². The maximum atomic E-state index is 4.97. The topological polar surface area (TPSA) is 0 Å². The molecule has 0 aromatic rings. The summed E-state index contributed by atoms with van der Waals surface area (Å²) in [5, 5.41) is 0. The van der Waals surface area contributed by atoms with Gasteiger partial charge in [0.25, 0.3) is 0 Å². The van der Waals surface area contributed by atoms with Gasteiger partial charge in [-0.25, -0.2) is 0 Å². The molecule has 2 atom stereocenters. The predicted octanol–water partition coefficient (Wildman–Crippen LogP) is 5.49. The first-order chi connectivity index (χ1) is 6.20. The van der Waals surface area contributed by atoms with E-state index in [2.05, 4.69) is 0 Å². The molecule has 2 unspecified atom stereocenters. The molecule has 0 nitrogen and oxygen atoms in total. The summed E-state index contributed by atoms with van der Waals surface area (Å²) in [6.07, 6.45) is 10.8. The van der Waals surface area contributed by atoms with Gasteiger partial charge in [-0.15, -0.1) is 0 Å². The minimum absolute atomic E-state index is 0. The van der Waals surface area contributed by atoms with Gasteiger partial charge in [0.1, 0.15) is 0 Å². The normalized spacial score (nSPS) is 29.4. The molecule has 0 N–H and O–H groups in total. The molecule has 0 amide bonds. The van der Waals surface area contributed by atoms with Crippen molar-refractivity contribution in [2.45, 2.75) is 44.9 Å². The van der Waals surface area contributed by atoms with Gasteiger partial charge in [-0.3, -0.25) is 0 Å². The molecule has 0 heterocycles. The van der Waals surface area contributed by atoms with Crippen LogP contribution in [0.15, 0.2) is 0 Å². The first kappa shape index (κ1) is 15.6. The van der Waals surface area contributed by atoms with E-state index >= 15 is 0 Å². The molecule has 0 saturated heterocycles. The molecule has 84 valence electrons. The van der Waals surface area contributed by atoms with E-state index in [0.717, 1.165) is 0 Å². The van der Waals surface area contributed by atoms with Gasteiger partial charge in [0.05, 0.1) is 0 Å². The van der Waals surface area contributed by atoms with Crippen molar-refractivity contribution in [2.75, 3.05) is 0 Å². The van der Waals surface area contributed by atoms with Crippen LogP contribution in [0.25, 0.3) is 0 Å². The standard InChI is InChI=1S/C9H16.CH3.3ClH.Ti/c1-2-5-9-7-3-6-8(9)4-1;;;;;/h8-9H,1-7H2;1H3;3*1H;/q;-1;;;;+4/p-3. The van der Waals surface area contributed by atoms with E-state index < -0.39 is 14.7 Å². The van der Waals surface area contributed by atoms with Crippen LogP contribution in [0.4, 0.5) is 0 Å². The van der Waals surface area contributed by atoms with Crippen molar-refractivity contribution in [3.8, 4) is 0 Å².